The Bertz CT molecular complexity index is 864. The van der Waals surface area contributed by atoms with E-state index in [-0.39, 0.29) is 17.6 Å². The number of amides is 1. The molecule has 7 heteroatoms. The number of piperazine rings is 1. The highest BCUT2D eigenvalue weighted by Gasteiger charge is 2.31. The third-order valence-electron chi connectivity index (χ3n) is 6.12. The average molecular weight is 397 g/mol. The molecule has 1 fully saturated rings. The number of hydrogen-bond donors (Lipinski definition) is 1. The summed E-state index contributed by atoms with van der Waals surface area (Å²) in [6.45, 7) is 5.61. The van der Waals surface area contributed by atoms with Crippen molar-refractivity contribution in [2.75, 3.05) is 44.7 Å². The molecule has 1 aromatic carbocycles. The zero-order valence-electron chi connectivity index (χ0n) is 17.1. The van der Waals surface area contributed by atoms with E-state index in [2.05, 4.69) is 27.1 Å². The lowest BCUT2D eigenvalue weighted by Gasteiger charge is -2.38. The van der Waals surface area contributed by atoms with Crippen LogP contribution in [-0.2, 0) is 11.2 Å². The topological polar surface area (TPSA) is 61.4 Å². The number of nitrogens with one attached hydrogen (secondary N) is 1. The van der Waals surface area contributed by atoms with Crippen LogP contribution in [0.3, 0.4) is 0 Å². The summed E-state index contributed by atoms with van der Waals surface area (Å²) in [6.07, 6.45) is 3.82. The van der Waals surface area contributed by atoms with Gasteiger partial charge in [-0.2, -0.15) is 0 Å². The van der Waals surface area contributed by atoms with E-state index in [0.717, 1.165) is 37.3 Å². The highest BCUT2D eigenvalue weighted by molar-refractivity contribution is 5.84. The lowest BCUT2D eigenvalue weighted by molar-refractivity contribution is -0.133. The van der Waals surface area contributed by atoms with E-state index < -0.39 is 0 Å². The molecular weight excluding hydrogens is 369 g/mol. The molecule has 2 atom stereocenters. The number of anilines is 1. The maximum Gasteiger partial charge on any atom is 0.231 e. The Morgan fingerprint density at radius 2 is 1.93 bits per heavy atom. The summed E-state index contributed by atoms with van der Waals surface area (Å²) < 4.78 is 13.3. The zero-order valence-corrected chi connectivity index (χ0v) is 17.1. The largest absolute Gasteiger partial charge is 0.353 e. The third kappa shape index (κ3) is 3.96. The number of aryl methyl sites for hydroxylation is 1. The number of halogens is 1. The smallest absolute Gasteiger partial charge is 0.231 e. The number of fused-ring (bicyclic) bond motifs is 1. The zero-order chi connectivity index (χ0) is 20.4. The Balaban J connectivity index is 1.46. The SMILES string of the molecule is CNCC(C(=O)N1CCN(c2ncnc3c2[C@H](C)CC3)CC1)c1ccc(F)cc1. The van der Waals surface area contributed by atoms with E-state index >= 15 is 0 Å². The molecule has 29 heavy (non-hydrogen) atoms. The van der Waals surface area contributed by atoms with Crippen LogP contribution in [0.2, 0.25) is 0 Å². The maximum atomic E-state index is 13.3. The predicted molar refractivity (Wildman–Crippen MR) is 111 cm³/mol. The normalized spacial score (nSPS) is 19.9. The first-order valence-corrected chi connectivity index (χ1v) is 10.4. The van der Waals surface area contributed by atoms with Gasteiger partial charge in [-0.25, -0.2) is 14.4 Å². The molecule has 1 aliphatic carbocycles. The van der Waals surface area contributed by atoms with Crippen LogP contribution in [0.4, 0.5) is 10.2 Å². The van der Waals surface area contributed by atoms with Gasteiger partial charge in [-0.1, -0.05) is 19.1 Å². The van der Waals surface area contributed by atoms with Crippen molar-refractivity contribution in [3.05, 3.63) is 53.2 Å². The van der Waals surface area contributed by atoms with Crippen LogP contribution in [0, 0.1) is 5.82 Å². The molecule has 0 saturated carbocycles. The van der Waals surface area contributed by atoms with E-state index in [4.69, 9.17) is 0 Å². The van der Waals surface area contributed by atoms with E-state index in [9.17, 15) is 9.18 Å². The number of carbonyl (C=O) groups is 1. The molecule has 2 aromatic rings. The number of hydrogen-bond acceptors (Lipinski definition) is 5. The number of benzene rings is 1. The van der Waals surface area contributed by atoms with Crippen molar-refractivity contribution in [1.82, 2.24) is 20.2 Å². The van der Waals surface area contributed by atoms with Crippen molar-refractivity contribution >= 4 is 11.7 Å². The predicted octanol–water partition coefficient (Wildman–Crippen LogP) is 2.32. The minimum atomic E-state index is -0.310. The lowest BCUT2D eigenvalue weighted by Crippen LogP contribution is -2.51. The summed E-state index contributed by atoms with van der Waals surface area (Å²) in [5.41, 5.74) is 3.30. The Hall–Kier alpha value is -2.54. The van der Waals surface area contributed by atoms with Crippen LogP contribution in [0.15, 0.2) is 30.6 Å². The van der Waals surface area contributed by atoms with E-state index in [0.29, 0.717) is 25.6 Å². The quantitative estimate of drug-likeness (QED) is 0.839. The van der Waals surface area contributed by atoms with Gasteiger partial charge in [0.1, 0.15) is 18.0 Å². The average Bonchev–Trinajstić information content (AvgIpc) is 3.14. The molecule has 4 rings (SSSR count). The highest BCUT2D eigenvalue weighted by Crippen LogP contribution is 2.37. The van der Waals surface area contributed by atoms with E-state index in [1.165, 1.54) is 23.4 Å². The lowest BCUT2D eigenvalue weighted by atomic mass is 9.97. The second kappa shape index (κ2) is 8.45. The first kappa shape index (κ1) is 19.8. The molecule has 2 heterocycles. The van der Waals surface area contributed by atoms with Crippen LogP contribution >= 0.6 is 0 Å². The number of carbonyl (C=O) groups excluding carboxylic acids is 1. The molecule has 6 nitrogen and oxygen atoms in total. The first-order valence-electron chi connectivity index (χ1n) is 10.4. The molecule has 1 aliphatic heterocycles. The van der Waals surface area contributed by atoms with Crippen LogP contribution in [-0.4, -0.2) is 60.5 Å². The highest BCUT2D eigenvalue weighted by atomic mass is 19.1. The number of nitrogens with zero attached hydrogens (tertiary/aromatic N) is 4. The van der Waals surface area contributed by atoms with Crippen molar-refractivity contribution in [3.8, 4) is 0 Å². The van der Waals surface area contributed by atoms with Crippen molar-refractivity contribution in [2.45, 2.75) is 31.6 Å². The van der Waals surface area contributed by atoms with Gasteiger partial charge < -0.3 is 15.1 Å². The van der Waals surface area contributed by atoms with Gasteiger partial charge in [0.05, 0.1) is 5.92 Å². The minimum absolute atomic E-state index is 0.0897. The molecule has 1 aromatic heterocycles. The standard InChI is InChI=1S/C22H28FN5O/c1-15-3-8-19-20(15)21(26-14-25-19)27-9-11-28(12-10-27)22(29)18(13-24-2)16-4-6-17(23)7-5-16/h4-7,14-15,18,24H,3,8-13H2,1-2H3/t15-,18?/m1/s1. The Kier molecular flexibility index (Phi) is 5.76. The van der Waals surface area contributed by atoms with Gasteiger partial charge in [-0.3, -0.25) is 4.79 Å². The Labute approximate surface area is 171 Å². The van der Waals surface area contributed by atoms with Crippen molar-refractivity contribution in [1.29, 1.82) is 0 Å². The Morgan fingerprint density at radius 3 is 2.62 bits per heavy atom. The second-order valence-corrected chi connectivity index (χ2v) is 7.97. The summed E-state index contributed by atoms with van der Waals surface area (Å²) in [5.74, 6) is 1.02. The summed E-state index contributed by atoms with van der Waals surface area (Å²) in [6, 6.07) is 6.24. The number of rotatable bonds is 5. The van der Waals surface area contributed by atoms with Gasteiger partial charge in [-0.05, 0) is 43.5 Å². The summed E-state index contributed by atoms with van der Waals surface area (Å²) >= 11 is 0. The molecule has 2 aliphatic rings. The van der Waals surface area contributed by atoms with Crippen molar-refractivity contribution in [3.63, 3.8) is 0 Å². The van der Waals surface area contributed by atoms with Gasteiger partial charge in [0.25, 0.3) is 0 Å². The molecule has 0 bridgehead atoms. The van der Waals surface area contributed by atoms with Crippen LogP contribution in [0.1, 0.15) is 42.0 Å². The van der Waals surface area contributed by atoms with Crippen LogP contribution in [0.5, 0.6) is 0 Å². The molecule has 1 saturated heterocycles. The van der Waals surface area contributed by atoms with Crippen LogP contribution < -0.4 is 10.2 Å². The van der Waals surface area contributed by atoms with Gasteiger partial charge >= 0.3 is 0 Å². The van der Waals surface area contributed by atoms with Crippen molar-refractivity contribution < 1.29 is 9.18 Å². The summed E-state index contributed by atoms with van der Waals surface area (Å²) in [7, 11) is 1.83. The molecule has 0 spiro atoms. The third-order valence-corrected chi connectivity index (χ3v) is 6.12. The van der Waals surface area contributed by atoms with Gasteiger partial charge in [0.15, 0.2) is 0 Å². The molecule has 1 amide bonds. The fourth-order valence-electron chi connectivity index (χ4n) is 4.48. The maximum absolute atomic E-state index is 13.3. The molecule has 1 N–H and O–H groups in total. The van der Waals surface area contributed by atoms with Gasteiger partial charge in [0, 0.05) is 44.0 Å². The first-order chi connectivity index (χ1) is 14.1. The monoisotopic (exact) mass is 397 g/mol. The summed E-state index contributed by atoms with van der Waals surface area (Å²) in [4.78, 5) is 26.5. The molecular formula is C22H28FN5O. The van der Waals surface area contributed by atoms with E-state index in [1.807, 2.05) is 11.9 Å². The Morgan fingerprint density at radius 1 is 1.21 bits per heavy atom. The van der Waals surface area contributed by atoms with Gasteiger partial charge in [-0.15, -0.1) is 0 Å². The van der Waals surface area contributed by atoms with E-state index in [1.54, 1.807) is 18.5 Å². The molecule has 154 valence electrons. The number of aromatic nitrogens is 2. The minimum Gasteiger partial charge on any atom is -0.353 e. The molecule has 0 radical (unpaired) electrons. The van der Waals surface area contributed by atoms with Crippen LogP contribution in [0.25, 0.3) is 0 Å². The number of likely N-dealkylation sites (N-methyl/N-ethyl adjacent to an activating group) is 1. The summed E-state index contributed by atoms with van der Waals surface area (Å²) in [5, 5.41) is 3.10. The molecule has 1 unspecified atom stereocenters. The second-order valence-electron chi connectivity index (χ2n) is 7.97. The fourth-order valence-corrected chi connectivity index (χ4v) is 4.48. The van der Waals surface area contributed by atoms with Crippen molar-refractivity contribution in [2.24, 2.45) is 0 Å². The van der Waals surface area contributed by atoms with Gasteiger partial charge in [0.2, 0.25) is 5.91 Å². The fraction of sp³-hybridized carbons (Fsp3) is 0.500.